The van der Waals surface area contributed by atoms with Crippen LogP contribution in [0.2, 0.25) is 0 Å². The van der Waals surface area contributed by atoms with Crippen molar-refractivity contribution in [1.29, 1.82) is 0 Å². The minimum absolute atomic E-state index is 0.0624. The summed E-state index contributed by atoms with van der Waals surface area (Å²) in [5, 5.41) is 0. The first kappa shape index (κ1) is 9.52. The average Bonchev–Trinajstić information content (AvgIpc) is 2.05. The van der Waals surface area contributed by atoms with Gasteiger partial charge in [0.05, 0.1) is 12.5 Å². The summed E-state index contributed by atoms with van der Waals surface area (Å²) in [6.45, 7) is 2.31. The van der Waals surface area contributed by atoms with Crippen molar-refractivity contribution in [3.8, 4) is 0 Å². The van der Waals surface area contributed by atoms with Crippen LogP contribution in [0, 0.1) is 5.92 Å². The number of carbonyl (C=O) groups excluding carboxylic acids is 1. The van der Waals surface area contributed by atoms with Crippen molar-refractivity contribution in [1.82, 2.24) is 0 Å². The number of carbonyl (C=O) groups is 1. The molecule has 0 spiro atoms. The molecule has 0 aromatic carbocycles. The highest BCUT2D eigenvalue weighted by atomic mass is 16.5. The van der Waals surface area contributed by atoms with Gasteiger partial charge in [-0.1, -0.05) is 6.42 Å². The zero-order valence-electron chi connectivity index (χ0n) is 7.58. The second-order valence-corrected chi connectivity index (χ2v) is 3.38. The fourth-order valence-corrected chi connectivity index (χ4v) is 1.70. The molecule has 0 radical (unpaired) electrons. The van der Waals surface area contributed by atoms with E-state index in [0.717, 1.165) is 25.7 Å². The molecule has 0 aromatic rings. The number of nitrogens with two attached hydrogens (primary N) is 1. The van der Waals surface area contributed by atoms with Crippen molar-refractivity contribution < 1.29 is 9.53 Å². The molecule has 1 aliphatic carbocycles. The summed E-state index contributed by atoms with van der Waals surface area (Å²) in [5.74, 6) is 0.00125. The van der Waals surface area contributed by atoms with Gasteiger partial charge in [0.25, 0.3) is 0 Å². The molecule has 1 fully saturated rings. The first-order valence-corrected chi connectivity index (χ1v) is 4.66. The van der Waals surface area contributed by atoms with Gasteiger partial charge < -0.3 is 10.5 Å². The summed E-state index contributed by atoms with van der Waals surface area (Å²) < 4.78 is 4.94. The van der Waals surface area contributed by atoms with Crippen molar-refractivity contribution >= 4 is 5.97 Å². The number of hydrogen-bond donors (Lipinski definition) is 1. The van der Waals surface area contributed by atoms with Crippen LogP contribution < -0.4 is 5.73 Å². The first-order chi connectivity index (χ1) is 5.74. The second kappa shape index (κ2) is 4.45. The smallest absolute Gasteiger partial charge is 0.308 e. The van der Waals surface area contributed by atoms with E-state index in [1.807, 2.05) is 6.92 Å². The summed E-state index contributed by atoms with van der Waals surface area (Å²) in [6, 6.07) is 0.202. The van der Waals surface area contributed by atoms with Gasteiger partial charge in [0.1, 0.15) is 0 Å². The van der Waals surface area contributed by atoms with Gasteiger partial charge in [0.15, 0.2) is 0 Å². The van der Waals surface area contributed by atoms with E-state index in [4.69, 9.17) is 10.5 Å². The van der Waals surface area contributed by atoms with Crippen LogP contribution in [-0.4, -0.2) is 18.6 Å². The fraction of sp³-hybridized carbons (Fsp3) is 0.889. The molecule has 0 saturated heterocycles. The van der Waals surface area contributed by atoms with E-state index in [2.05, 4.69) is 0 Å². The van der Waals surface area contributed by atoms with Crippen LogP contribution in [0.15, 0.2) is 0 Å². The third-order valence-electron chi connectivity index (χ3n) is 2.33. The predicted molar refractivity (Wildman–Crippen MR) is 46.6 cm³/mol. The number of esters is 1. The third kappa shape index (κ3) is 2.48. The van der Waals surface area contributed by atoms with Gasteiger partial charge in [-0.2, -0.15) is 0 Å². The third-order valence-corrected chi connectivity index (χ3v) is 2.33. The molecule has 1 rings (SSSR count). The summed E-state index contributed by atoms with van der Waals surface area (Å²) in [4.78, 5) is 11.3. The van der Waals surface area contributed by atoms with Crippen LogP contribution in [0.5, 0.6) is 0 Å². The van der Waals surface area contributed by atoms with Crippen LogP contribution >= 0.6 is 0 Å². The van der Waals surface area contributed by atoms with Crippen molar-refractivity contribution in [2.75, 3.05) is 6.61 Å². The van der Waals surface area contributed by atoms with E-state index in [-0.39, 0.29) is 17.9 Å². The SMILES string of the molecule is CCOC(=O)C1CCCC(N)C1. The largest absolute Gasteiger partial charge is 0.466 e. The Morgan fingerprint density at radius 2 is 2.33 bits per heavy atom. The lowest BCUT2D eigenvalue weighted by Crippen LogP contribution is -2.32. The quantitative estimate of drug-likeness (QED) is 0.632. The Kier molecular flexibility index (Phi) is 3.53. The first-order valence-electron chi connectivity index (χ1n) is 4.66. The van der Waals surface area contributed by atoms with Crippen LogP contribution in [-0.2, 0) is 9.53 Å². The van der Waals surface area contributed by atoms with Crippen LogP contribution in [0.3, 0.4) is 0 Å². The monoisotopic (exact) mass is 171 g/mol. The summed E-state index contributed by atoms with van der Waals surface area (Å²) in [5.41, 5.74) is 5.75. The maximum Gasteiger partial charge on any atom is 0.308 e. The molecule has 0 bridgehead atoms. The maximum atomic E-state index is 11.3. The Balaban J connectivity index is 2.35. The topological polar surface area (TPSA) is 52.3 Å². The lowest BCUT2D eigenvalue weighted by molar-refractivity contribution is -0.149. The highest BCUT2D eigenvalue weighted by Crippen LogP contribution is 2.23. The normalized spacial score (nSPS) is 29.8. The average molecular weight is 171 g/mol. The number of rotatable bonds is 2. The molecule has 2 unspecified atom stereocenters. The predicted octanol–water partition coefficient (Wildman–Crippen LogP) is 1.07. The standard InChI is InChI=1S/C9H17NO2/c1-2-12-9(11)7-4-3-5-8(10)6-7/h7-8H,2-6,10H2,1H3. The lowest BCUT2D eigenvalue weighted by atomic mass is 9.86. The van der Waals surface area contributed by atoms with E-state index in [0.29, 0.717) is 6.61 Å². The highest BCUT2D eigenvalue weighted by Gasteiger charge is 2.25. The second-order valence-electron chi connectivity index (χ2n) is 3.38. The molecular weight excluding hydrogens is 154 g/mol. The van der Waals surface area contributed by atoms with Crippen LogP contribution in [0.4, 0.5) is 0 Å². The van der Waals surface area contributed by atoms with E-state index < -0.39 is 0 Å². The van der Waals surface area contributed by atoms with Gasteiger partial charge in [-0.15, -0.1) is 0 Å². The van der Waals surface area contributed by atoms with Crippen molar-refractivity contribution in [2.24, 2.45) is 11.7 Å². The Bertz CT molecular complexity index is 159. The van der Waals surface area contributed by atoms with Gasteiger partial charge in [0, 0.05) is 6.04 Å². The Morgan fingerprint density at radius 3 is 2.92 bits per heavy atom. The molecule has 1 aliphatic rings. The van der Waals surface area contributed by atoms with E-state index in [9.17, 15) is 4.79 Å². The van der Waals surface area contributed by atoms with Gasteiger partial charge in [-0.3, -0.25) is 4.79 Å². The van der Waals surface area contributed by atoms with Gasteiger partial charge >= 0.3 is 5.97 Å². The number of ether oxygens (including phenoxy) is 1. The Morgan fingerprint density at radius 1 is 1.58 bits per heavy atom. The van der Waals surface area contributed by atoms with E-state index in [1.54, 1.807) is 0 Å². The minimum Gasteiger partial charge on any atom is -0.466 e. The van der Waals surface area contributed by atoms with Crippen molar-refractivity contribution in [3.63, 3.8) is 0 Å². The molecule has 0 aliphatic heterocycles. The lowest BCUT2D eigenvalue weighted by Gasteiger charge is -2.24. The van der Waals surface area contributed by atoms with E-state index >= 15 is 0 Å². The molecule has 70 valence electrons. The fourth-order valence-electron chi connectivity index (χ4n) is 1.70. The molecule has 2 atom stereocenters. The highest BCUT2D eigenvalue weighted by molar-refractivity contribution is 5.72. The van der Waals surface area contributed by atoms with E-state index in [1.165, 1.54) is 0 Å². The Labute approximate surface area is 73.3 Å². The van der Waals surface area contributed by atoms with Gasteiger partial charge in [-0.25, -0.2) is 0 Å². The summed E-state index contributed by atoms with van der Waals surface area (Å²) >= 11 is 0. The molecule has 0 aromatic heterocycles. The van der Waals surface area contributed by atoms with Gasteiger partial charge in [0.2, 0.25) is 0 Å². The molecule has 0 amide bonds. The Hall–Kier alpha value is -0.570. The van der Waals surface area contributed by atoms with Crippen LogP contribution in [0.1, 0.15) is 32.6 Å². The maximum absolute atomic E-state index is 11.3. The zero-order chi connectivity index (χ0) is 8.97. The van der Waals surface area contributed by atoms with Crippen LogP contribution in [0.25, 0.3) is 0 Å². The number of hydrogen-bond acceptors (Lipinski definition) is 3. The molecule has 0 heterocycles. The molecule has 1 saturated carbocycles. The molecule has 2 N–H and O–H groups in total. The molecule has 3 heteroatoms. The minimum atomic E-state index is -0.0624. The summed E-state index contributed by atoms with van der Waals surface area (Å²) in [7, 11) is 0. The molecular formula is C9H17NO2. The summed E-state index contributed by atoms with van der Waals surface area (Å²) in [6.07, 6.45) is 3.87. The molecule has 3 nitrogen and oxygen atoms in total. The zero-order valence-corrected chi connectivity index (χ0v) is 7.58. The molecule has 12 heavy (non-hydrogen) atoms. The van der Waals surface area contributed by atoms with Gasteiger partial charge in [-0.05, 0) is 26.2 Å². The van der Waals surface area contributed by atoms with Crippen molar-refractivity contribution in [2.45, 2.75) is 38.6 Å². The van der Waals surface area contributed by atoms with Crippen molar-refractivity contribution in [3.05, 3.63) is 0 Å².